The molecule has 0 spiro atoms. The first-order valence-corrected chi connectivity index (χ1v) is 4.06. The molecule has 0 saturated heterocycles. The topological polar surface area (TPSA) is 12.0 Å². The Morgan fingerprint density at radius 3 is 2.73 bits per heavy atom. The Morgan fingerprint density at radius 2 is 2.09 bits per heavy atom. The van der Waals surface area contributed by atoms with Crippen LogP contribution in [0.25, 0.3) is 0 Å². The van der Waals surface area contributed by atoms with Gasteiger partial charge in [0.1, 0.15) is 0 Å². The molecule has 0 aliphatic rings. The fourth-order valence-electron chi connectivity index (χ4n) is 0.692. The minimum atomic E-state index is 1.00. The van der Waals surface area contributed by atoms with Crippen LogP contribution in [0.3, 0.4) is 0 Å². The number of hydrogen-bond acceptors (Lipinski definition) is 1. The van der Waals surface area contributed by atoms with Crippen LogP contribution in [0.15, 0.2) is 28.7 Å². The van der Waals surface area contributed by atoms with Crippen LogP contribution in [0.4, 0.5) is 5.69 Å². The number of halogens is 1. The second-order valence-corrected chi connectivity index (χ2v) is 2.83. The molecule has 0 aromatic heterocycles. The summed E-state index contributed by atoms with van der Waals surface area (Å²) in [7, 11) is 0. The molecule has 1 aromatic carbocycles. The fourth-order valence-corrected chi connectivity index (χ4v) is 1.08. The highest BCUT2D eigenvalue weighted by molar-refractivity contribution is 9.10. The van der Waals surface area contributed by atoms with E-state index in [9.17, 15) is 0 Å². The van der Waals surface area contributed by atoms with Crippen molar-refractivity contribution in [3.63, 3.8) is 0 Å². The van der Waals surface area contributed by atoms with Crippen LogP contribution in [0.2, 0.25) is 0 Å². The van der Waals surface area contributed by atoms with E-state index in [1.807, 2.05) is 24.3 Å². The second-order valence-electron chi connectivity index (χ2n) is 1.98. The van der Waals surface area contributed by atoms with Crippen LogP contribution in [-0.4, -0.2) is 0 Å². The second kappa shape index (κ2) is 4.05. The SMILES string of the molecule is CC#CNc1ccccc1Br. The number of hydrogen-bond donors (Lipinski definition) is 1. The molecule has 0 atom stereocenters. The molecule has 1 nitrogen and oxygen atoms in total. The van der Waals surface area contributed by atoms with Gasteiger partial charge in [-0.15, -0.1) is 0 Å². The highest BCUT2D eigenvalue weighted by atomic mass is 79.9. The highest BCUT2D eigenvalue weighted by Crippen LogP contribution is 2.20. The van der Waals surface area contributed by atoms with Crippen LogP contribution in [0.1, 0.15) is 6.92 Å². The lowest BCUT2D eigenvalue weighted by Crippen LogP contribution is -1.87. The molecule has 1 aromatic rings. The number of benzene rings is 1. The van der Waals surface area contributed by atoms with Crippen molar-refractivity contribution in [2.75, 3.05) is 5.32 Å². The summed E-state index contributed by atoms with van der Waals surface area (Å²) < 4.78 is 1.03. The smallest absolute Gasteiger partial charge is 0.0601 e. The molecular weight excluding hydrogens is 202 g/mol. The normalized spacial score (nSPS) is 8.18. The first-order valence-electron chi connectivity index (χ1n) is 3.27. The molecule has 56 valence electrons. The Kier molecular flexibility index (Phi) is 3.00. The molecule has 2 heteroatoms. The lowest BCUT2D eigenvalue weighted by atomic mass is 10.3. The van der Waals surface area contributed by atoms with Gasteiger partial charge < -0.3 is 5.32 Å². The van der Waals surface area contributed by atoms with Crippen molar-refractivity contribution in [1.29, 1.82) is 0 Å². The van der Waals surface area contributed by atoms with Crippen molar-refractivity contribution < 1.29 is 0 Å². The molecule has 1 rings (SSSR count). The van der Waals surface area contributed by atoms with Gasteiger partial charge in [0.2, 0.25) is 0 Å². The van der Waals surface area contributed by atoms with Crippen LogP contribution >= 0.6 is 15.9 Å². The molecule has 0 bridgehead atoms. The van der Waals surface area contributed by atoms with Crippen molar-refractivity contribution in [1.82, 2.24) is 0 Å². The number of nitrogens with one attached hydrogen (secondary N) is 1. The van der Waals surface area contributed by atoms with Crippen molar-refractivity contribution in [2.24, 2.45) is 0 Å². The van der Waals surface area contributed by atoms with Crippen LogP contribution in [0, 0.1) is 12.0 Å². The van der Waals surface area contributed by atoms with Gasteiger partial charge >= 0.3 is 0 Å². The third kappa shape index (κ3) is 2.28. The maximum Gasteiger partial charge on any atom is 0.0601 e. The molecule has 1 N–H and O–H groups in total. The van der Waals surface area contributed by atoms with Gasteiger partial charge in [-0.3, -0.25) is 0 Å². The van der Waals surface area contributed by atoms with Crippen LogP contribution < -0.4 is 5.32 Å². The van der Waals surface area contributed by atoms with Gasteiger partial charge in [0.15, 0.2) is 0 Å². The van der Waals surface area contributed by atoms with Gasteiger partial charge in [-0.25, -0.2) is 0 Å². The minimum Gasteiger partial charge on any atom is -0.314 e. The maximum absolute atomic E-state index is 3.40. The van der Waals surface area contributed by atoms with E-state index in [1.165, 1.54) is 0 Å². The summed E-state index contributed by atoms with van der Waals surface area (Å²) in [4.78, 5) is 0. The van der Waals surface area contributed by atoms with E-state index in [4.69, 9.17) is 0 Å². The van der Waals surface area contributed by atoms with E-state index >= 15 is 0 Å². The fraction of sp³-hybridized carbons (Fsp3) is 0.111. The Balaban J connectivity index is 2.83. The molecule has 11 heavy (non-hydrogen) atoms. The predicted molar refractivity (Wildman–Crippen MR) is 51.2 cm³/mol. The zero-order valence-corrected chi connectivity index (χ0v) is 7.77. The predicted octanol–water partition coefficient (Wildman–Crippen LogP) is 2.84. The van der Waals surface area contributed by atoms with E-state index in [2.05, 4.69) is 33.2 Å². The summed E-state index contributed by atoms with van der Waals surface area (Å²) in [5, 5.41) is 2.95. The van der Waals surface area contributed by atoms with Crippen LogP contribution in [-0.2, 0) is 0 Å². The highest BCUT2D eigenvalue weighted by Gasteiger charge is 1.92. The van der Waals surface area contributed by atoms with E-state index in [0.717, 1.165) is 10.2 Å². The molecule has 0 unspecified atom stereocenters. The Hall–Kier alpha value is -0.940. The van der Waals surface area contributed by atoms with Crippen molar-refractivity contribution >= 4 is 21.6 Å². The van der Waals surface area contributed by atoms with Gasteiger partial charge in [0, 0.05) is 10.5 Å². The minimum absolute atomic E-state index is 1.00. The van der Waals surface area contributed by atoms with E-state index in [0.29, 0.717) is 0 Å². The Bertz CT molecular complexity index is 296. The Labute approximate surface area is 74.9 Å². The molecule has 0 aliphatic carbocycles. The third-order valence-corrected chi connectivity index (χ3v) is 1.89. The van der Waals surface area contributed by atoms with E-state index < -0.39 is 0 Å². The van der Waals surface area contributed by atoms with Gasteiger partial charge in [-0.2, -0.15) is 0 Å². The van der Waals surface area contributed by atoms with Crippen molar-refractivity contribution in [3.8, 4) is 12.0 Å². The number of anilines is 1. The average Bonchev–Trinajstić information content (AvgIpc) is 2.03. The zero-order valence-electron chi connectivity index (χ0n) is 6.19. The quantitative estimate of drug-likeness (QED) is 0.555. The van der Waals surface area contributed by atoms with Gasteiger partial charge in [-0.05, 0) is 35.0 Å². The third-order valence-electron chi connectivity index (χ3n) is 1.20. The molecule has 0 fully saturated rings. The summed E-state index contributed by atoms with van der Waals surface area (Å²) in [5.41, 5.74) is 1.00. The molecule has 0 saturated carbocycles. The maximum atomic E-state index is 3.40. The van der Waals surface area contributed by atoms with Gasteiger partial charge in [0.05, 0.1) is 5.69 Å². The summed E-state index contributed by atoms with van der Waals surface area (Å²) in [6.45, 7) is 1.80. The standard InChI is InChI=1S/C9H8BrN/c1-2-7-11-9-6-4-3-5-8(9)10/h3-6,11H,1H3. The molecule has 0 heterocycles. The summed E-state index contributed by atoms with van der Waals surface area (Å²) in [5.74, 6) is 2.76. The van der Waals surface area contributed by atoms with Crippen molar-refractivity contribution in [2.45, 2.75) is 6.92 Å². The Morgan fingerprint density at radius 1 is 1.36 bits per heavy atom. The van der Waals surface area contributed by atoms with Crippen molar-refractivity contribution in [3.05, 3.63) is 28.7 Å². The molecule has 0 radical (unpaired) electrons. The summed E-state index contributed by atoms with van der Waals surface area (Å²) >= 11 is 3.40. The molecule has 0 amide bonds. The summed E-state index contributed by atoms with van der Waals surface area (Å²) in [6, 6.07) is 10.6. The van der Waals surface area contributed by atoms with Gasteiger partial charge in [0.25, 0.3) is 0 Å². The number of para-hydroxylation sites is 1. The largest absolute Gasteiger partial charge is 0.314 e. The first kappa shape index (κ1) is 8.16. The zero-order chi connectivity index (χ0) is 8.10. The lowest BCUT2D eigenvalue weighted by Gasteiger charge is -1.99. The monoisotopic (exact) mass is 209 g/mol. The first-order chi connectivity index (χ1) is 5.34. The summed E-state index contributed by atoms with van der Waals surface area (Å²) in [6.07, 6.45) is 0. The molecule has 0 aliphatic heterocycles. The van der Waals surface area contributed by atoms with Gasteiger partial charge in [-0.1, -0.05) is 18.1 Å². The lowest BCUT2D eigenvalue weighted by molar-refractivity contribution is 1.58. The van der Waals surface area contributed by atoms with E-state index in [1.54, 1.807) is 6.92 Å². The molecular formula is C9H8BrN. The van der Waals surface area contributed by atoms with E-state index in [-0.39, 0.29) is 0 Å². The van der Waals surface area contributed by atoms with Crippen LogP contribution in [0.5, 0.6) is 0 Å². The number of rotatable bonds is 1. The average molecular weight is 210 g/mol.